The number of hydrogen-bond donors (Lipinski definition) is 1. The van der Waals surface area contributed by atoms with Crippen molar-refractivity contribution in [1.29, 1.82) is 0 Å². The van der Waals surface area contributed by atoms with Crippen LogP contribution in [0, 0.1) is 0 Å². The highest BCUT2D eigenvalue weighted by atomic mass is 16.5. The van der Waals surface area contributed by atoms with E-state index in [1.165, 1.54) is 37.7 Å². The smallest absolute Gasteiger partial charge is 0.253 e. The minimum Gasteiger partial charge on any atom is -0.494 e. The maximum atomic E-state index is 13.6. The van der Waals surface area contributed by atoms with Crippen LogP contribution in [0.25, 0.3) is 10.9 Å². The van der Waals surface area contributed by atoms with E-state index < -0.39 is 0 Å². The number of hydrogen-bond acceptors (Lipinski definition) is 7. The first kappa shape index (κ1) is 26.7. The Morgan fingerprint density at radius 2 is 1.80 bits per heavy atom. The van der Waals surface area contributed by atoms with E-state index in [1.54, 1.807) is 0 Å². The number of nitrogens with zero attached hydrogens (tertiary/aromatic N) is 6. The molecule has 3 heterocycles. The number of benzene rings is 2. The first-order chi connectivity index (χ1) is 19.7. The van der Waals surface area contributed by atoms with E-state index in [-0.39, 0.29) is 11.6 Å². The quantitative estimate of drug-likeness (QED) is 0.340. The summed E-state index contributed by atoms with van der Waals surface area (Å²) in [5.41, 5.74) is 2.59. The second kappa shape index (κ2) is 12.3. The van der Waals surface area contributed by atoms with Gasteiger partial charge in [0.2, 0.25) is 0 Å². The van der Waals surface area contributed by atoms with Crippen LogP contribution in [0.3, 0.4) is 0 Å². The van der Waals surface area contributed by atoms with Crippen LogP contribution in [0.4, 0.5) is 0 Å². The predicted octanol–water partition coefficient (Wildman–Crippen LogP) is 4.20. The van der Waals surface area contributed by atoms with Gasteiger partial charge in [0.1, 0.15) is 11.8 Å². The highest BCUT2D eigenvalue weighted by molar-refractivity contribution is 5.80. The van der Waals surface area contributed by atoms with Gasteiger partial charge in [-0.25, -0.2) is 4.68 Å². The summed E-state index contributed by atoms with van der Waals surface area (Å²) in [5.74, 6) is 1.51. The van der Waals surface area contributed by atoms with E-state index in [9.17, 15) is 4.79 Å². The topological polar surface area (TPSA) is 92.2 Å². The second-order valence-corrected chi connectivity index (χ2v) is 11.0. The summed E-state index contributed by atoms with van der Waals surface area (Å²) >= 11 is 0. The van der Waals surface area contributed by atoms with Gasteiger partial charge in [0.25, 0.3) is 5.56 Å². The first-order valence-electron chi connectivity index (χ1n) is 14.8. The van der Waals surface area contributed by atoms with Gasteiger partial charge in [0, 0.05) is 55.2 Å². The van der Waals surface area contributed by atoms with Crippen molar-refractivity contribution in [2.75, 3.05) is 32.8 Å². The molecule has 6 rings (SSSR count). The van der Waals surface area contributed by atoms with Gasteiger partial charge >= 0.3 is 0 Å². The molecule has 1 saturated carbocycles. The van der Waals surface area contributed by atoms with Crippen LogP contribution >= 0.6 is 0 Å². The number of aromatic amines is 1. The predicted molar refractivity (Wildman–Crippen MR) is 156 cm³/mol. The number of pyridine rings is 1. The first-order valence-corrected chi connectivity index (χ1v) is 14.8. The fraction of sp³-hybridized carbons (Fsp3) is 0.484. The van der Waals surface area contributed by atoms with Crippen LogP contribution in [0.2, 0.25) is 0 Å². The zero-order valence-electron chi connectivity index (χ0n) is 23.3. The molecule has 2 aromatic heterocycles. The number of piperazine rings is 1. The Labute approximate surface area is 235 Å². The van der Waals surface area contributed by atoms with Gasteiger partial charge in [-0.15, -0.1) is 5.10 Å². The van der Waals surface area contributed by atoms with Gasteiger partial charge in [0.15, 0.2) is 5.82 Å². The molecule has 2 aliphatic rings. The molecule has 0 spiro atoms. The van der Waals surface area contributed by atoms with Gasteiger partial charge in [-0.05, 0) is 66.4 Å². The summed E-state index contributed by atoms with van der Waals surface area (Å²) in [6.45, 7) is 6.92. The van der Waals surface area contributed by atoms with Crippen LogP contribution in [-0.4, -0.2) is 73.8 Å². The molecule has 9 heteroatoms. The van der Waals surface area contributed by atoms with Gasteiger partial charge in [0.05, 0.1) is 6.61 Å². The van der Waals surface area contributed by atoms with E-state index in [1.807, 2.05) is 41.9 Å². The Morgan fingerprint density at radius 3 is 2.58 bits per heavy atom. The molecular weight excluding hydrogens is 502 g/mol. The normalized spacial score (nSPS) is 18.2. The van der Waals surface area contributed by atoms with Crippen molar-refractivity contribution in [2.24, 2.45) is 0 Å². The number of ether oxygens (including phenoxy) is 1. The number of aromatic nitrogens is 5. The number of rotatable bonds is 9. The lowest BCUT2D eigenvalue weighted by atomic mass is 9.93. The monoisotopic (exact) mass is 541 g/mol. The molecule has 2 aromatic carbocycles. The van der Waals surface area contributed by atoms with Crippen molar-refractivity contribution in [3.63, 3.8) is 0 Å². The maximum absolute atomic E-state index is 13.6. The van der Waals surface area contributed by atoms with E-state index in [4.69, 9.17) is 4.74 Å². The Balaban J connectivity index is 1.33. The van der Waals surface area contributed by atoms with Gasteiger partial charge in [-0.1, -0.05) is 49.6 Å². The molecule has 0 bridgehead atoms. The maximum Gasteiger partial charge on any atom is 0.253 e. The summed E-state index contributed by atoms with van der Waals surface area (Å²) in [7, 11) is 0. The van der Waals surface area contributed by atoms with Gasteiger partial charge in [-0.2, -0.15) is 0 Å². The highest BCUT2D eigenvalue weighted by Crippen LogP contribution is 2.30. The molecule has 210 valence electrons. The fourth-order valence-electron chi connectivity index (χ4n) is 6.41. The summed E-state index contributed by atoms with van der Waals surface area (Å²) in [5, 5.41) is 13.9. The molecule has 1 atom stereocenters. The molecule has 1 saturated heterocycles. The van der Waals surface area contributed by atoms with Crippen molar-refractivity contribution >= 4 is 10.9 Å². The Hall–Kier alpha value is -3.56. The number of aryl methyl sites for hydroxylation is 2. The Bertz CT molecular complexity index is 1450. The molecule has 0 unspecified atom stereocenters. The summed E-state index contributed by atoms with van der Waals surface area (Å²) in [6.07, 6.45) is 7.44. The minimum absolute atomic E-state index is 0.103. The second-order valence-electron chi connectivity index (χ2n) is 11.0. The lowest BCUT2D eigenvalue weighted by molar-refractivity contribution is 0.0617. The van der Waals surface area contributed by atoms with Gasteiger partial charge in [-0.3, -0.25) is 14.6 Å². The largest absolute Gasteiger partial charge is 0.494 e. The van der Waals surface area contributed by atoms with Crippen molar-refractivity contribution in [3.05, 3.63) is 81.9 Å². The lowest BCUT2D eigenvalue weighted by Gasteiger charge is -2.43. The molecule has 9 nitrogen and oxygen atoms in total. The highest BCUT2D eigenvalue weighted by Gasteiger charge is 2.34. The summed E-state index contributed by atoms with van der Waals surface area (Å²) < 4.78 is 7.63. The minimum atomic E-state index is -0.344. The molecule has 4 aromatic rings. The van der Waals surface area contributed by atoms with Crippen LogP contribution in [0.1, 0.15) is 62.0 Å². The van der Waals surface area contributed by atoms with Crippen LogP contribution < -0.4 is 10.3 Å². The van der Waals surface area contributed by atoms with Crippen molar-refractivity contribution in [2.45, 2.75) is 64.1 Å². The SMILES string of the molecule is CCOc1ccc2[nH]c(=O)c([C@H](c3nnnn3CCc3ccccc3)N3CCN(C4CCCCC4)CC3)cc2c1. The molecular formula is C31H39N7O2. The van der Waals surface area contributed by atoms with Crippen molar-refractivity contribution < 1.29 is 4.74 Å². The number of fused-ring (bicyclic) bond motifs is 1. The fourth-order valence-corrected chi connectivity index (χ4v) is 6.41. The van der Waals surface area contributed by atoms with E-state index in [0.29, 0.717) is 30.6 Å². The molecule has 2 fully saturated rings. The van der Waals surface area contributed by atoms with E-state index in [2.05, 4.69) is 54.6 Å². The molecule has 0 amide bonds. The molecule has 40 heavy (non-hydrogen) atoms. The molecule has 1 aliphatic carbocycles. The van der Waals surface area contributed by atoms with E-state index >= 15 is 0 Å². The van der Waals surface area contributed by atoms with Crippen molar-refractivity contribution in [1.82, 2.24) is 35.0 Å². The van der Waals surface area contributed by atoms with Crippen LogP contribution in [0.5, 0.6) is 5.75 Å². The Kier molecular flexibility index (Phi) is 8.20. The van der Waals surface area contributed by atoms with Gasteiger partial charge < -0.3 is 9.72 Å². The number of H-pyrrole nitrogens is 1. The average molecular weight is 542 g/mol. The zero-order valence-corrected chi connectivity index (χ0v) is 23.3. The number of nitrogens with one attached hydrogen (secondary N) is 1. The zero-order chi connectivity index (χ0) is 27.3. The van der Waals surface area contributed by atoms with Crippen LogP contribution in [0.15, 0.2) is 59.4 Å². The molecule has 1 N–H and O–H groups in total. The average Bonchev–Trinajstić information content (AvgIpc) is 3.46. The summed E-state index contributed by atoms with van der Waals surface area (Å²) in [6, 6.07) is 18.5. The Morgan fingerprint density at radius 1 is 1.00 bits per heavy atom. The van der Waals surface area contributed by atoms with E-state index in [0.717, 1.165) is 49.3 Å². The number of tetrazole rings is 1. The molecule has 1 aliphatic heterocycles. The summed E-state index contributed by atoms with van der Waals surface area (Å²) in [4.78, 5) is 21.8. The van der Waals surface area contributed by atoms with Crippen molar-refractivity contribution in [3.8, 4) is 5.75 Å². The standard InChI is InChI=1S/C31H39N7O2/c1-2-40-26-13-14-28-24(21-26)22-27(31(39)32-28)29(37-19-17-36(18-20-37)25-11-7-4-8-12-25)30-33-34-35-38(30)16-15-23-9-5-3-6-10-23/h3,5-6,9-10,13-14,21-22,25,29H,2,4,7-8,11-12,15-20H2,1H3,(H,32,39)/t29-/m1/s1. The third-order valence-corrected chi connectivity index (χ3v) is 8.51. The van der Waals surface area contributed by atoms with Crippen LogP contribution in [-0.2, 0) is 13.0 Å². The lowest BCUT2D eigenvalue weighted by Crippen LogP contribution is -2.52. The third kappa shape index (κ3) is 5.81. The molecule has 0 radical (unpaired) electrons. The third-order valence-electron chi connectivity index (χ3n) is 8.51.